The van der Waals surface area contributed by atoms with Crippen LogP contribution in [-0.2, 0) is 0 Å². The molecule has 1 aliphatic carbocycles. The number of piperidine rings is 1. The van der Waals surface area contributed by atoms with Crippen LogP contribution in [0.1, 0.15) is 101 Å². The molecule has 162 valence electrons. The molecule has 4 unspecified atom stereocenters. The van der Waals surface area contributed by atoms with Gasteiger partial charge in [0.25, 0.3) is 0 Å². The molecule has 0 amide bonds. The third-order valence-electron chi connectivity index (χ3n) is 7.44. The van der Waals surface area contributed by atoms with E-state index >= 15 is 0 Å². The summed E-state index contributed by atoms with van der Waals surface area (Å²) in [5.74, 6) is 2.23. The van der Waals surface area contributed by atoms with E-state index in [0.717, 1.165) is 44.1 Å². The average molecular weight is 384 g/mol. The smallest absolute Gasteiger partial charge is 0.0697 e. The maximum absolute atomic E-state index is 10.4. The van der Waals surface area contributed by atoms with Crippen LogP contribution < -0.4 is 5.32 Å². The topological polar surface area (TPSA) is 52.5 Å². The first kappa shape index (κ1) is 24.9. The Bertz CT molecular complexity index is 440. The van der Waals surface area contributed by atoms with Gasteiger partial charge in [-0.3, -0.25) is 0 Å². The van der Waals surface area contributed by atoms with Crippen molar-refractivity contribution in [3.05, 3.63) is 0 Å². The third kappa shape index (κ3) is 7.01. The SMILES string of the molecule is CC(C)C1(O)CCNC(C(C)(C)C)C1.CC(C)C1CCCC(O)(C(C)C)C1. The first-order chi connectivity index (χ1) is 12.2. The van der Waals surface area contributed by atoms with Crippen LogP contribution in [0, 0.1) is 29.1 Å². The van der Waals surface area contributed by atoms with Gasteiger partial charge in [0.15, 0.2) is 0 Å². The van der Waals surface area contributed by atoms with E-state index < -0.39 is 5.60 Å². The molecule has 0 spiro atoms. The predicted molar refractivity (Wildman–Crippen MR) is 117 cm³/mol. The van der Waals surface area contributed by atoms with Crippen molar-refractivity contribution in [2.75, 3.05) is 6.54 Å². The van der Waals surface area contributed by atoms with Crippen molar-refractivity contribution in [2.45, 2.75) is 118 Å². The lowest BCUT2D eigenvalue weighted by atomic mass is 9.69. The van der Waals surface area contributed by atoms with Gasteiger partial charge in [-0.1, -0.05) is 68.7 Å². The molecule has 2 fully saturated rings. The van der Waals surface area contributed by atoms with E-state index in [1.54, 1.807) is 0 Å². The highest BCUT2D eigenvalue weighted by Gasteiger charge is 2.40. The van der Waals surface area contributed by atoms with Crippen LogP contribution >= 0.6 is 0 Å². The molecule has 3 nitrogen and oxygen atoms in total. The van der Waals surface area contributed by atoms with E-state index in [4.69, 9.17) is 0 Å². The van der Waals surface area contributed by atoms with E-state index in [-0.39, 0.29) is 11.0 Å². The number of nitrogens with one attached hydrogen (secondary N) is 1. The Kier molecular flexibility index (Phi) is 8.85. The van der Waals surface area contributed by atoms with Crippen molar-refractivity contribution in [2.24, 2.45) is 29.1 Å². The Morgan fingerprint density at radius 3 is 1.81 bits per heavy atom. The predicted octanol–water partition coefficient (Wildman–Crippen LogP) is 5.39. The van der Waals surface area contributed by atoms with Crippen LogP contribution in [0.2, 0.25) is 0 Å². The molecule has 1 saturated carbocycles. The van der Waals surface area contributed by atoms with Crippen LogP contribution in [0.3, 0.4) is 0 Å². The van der Waals surface area contributed by atoms with Crippen LogP contribution in [-0.4, -0.2) is 34.0 Å². The standard InChI is InChI=1S/C12H25NO.C12H24O/c1-9(2)12(14)6-7-13-10(8-12)11(3,4)5;1-9(2)11-6-5-7-12(13,8-11)10(3)4/h9-10,13-14H,6-8H2,1-5H3;9-11,13H,5-8H2,1-4H3. The minimum Gasteiger partial charge on any atom is -0.390 e. The zero-order valence-corrected chi connectivity index (χ0v) is 19.7. The maximum atomic E-state index is 10.4. The van der Waals surface area contributed by atoms with Gasteiger partial charge in [0.05, 0.1) is 11.2 Å². The van der Waals surface area contributed by atoms with Gasteiger partial charge in [-0.2, -0.15) is 0 Å². The van der Waals surface area contributed by atoms with Crippen molar-refractivity contribution in [3.8, 4) is 0 Å². The van der Waals surface area contributed by atoms with E-state index in [0.29, 0.717) is 17.9 Å². The lowest BCUT2D eigenvalue weighted by Gasteiger charge is -2.45. The molecule has 3 heteroatoms. The highest BCUT2D eigenvalue weighted by atomic mass is 16.3. The second-order valence-corrected chi connectivity index (χ2v) is 11.4. The monoisotopic (exact) mass is 383 g/mol. The second-order valence-electron chi connectivity index (χ2n) is 11.4. The van der Waals surface area contributed by atoms with Gasteiger partial charge in [-0.25, -0.2) is 0 Å². The summed E-state index contributed by atoms with van der Waals surface area (Å²) in [5.41, 5.74) is -0.584. The van der Waals surface area contributed by atoms with Crippen LogP contribution in [0.4, 0.5) is 0 Å². The third-order valence-corrected chi connectivity index (χ3v) is 7.44. The summed E-state index contributed by atoms with van der Waals surface area (Å²) in [7, 11) is 0. The summed E-state index contributed by atoms with van der Waals surface area (Å²) in [5, 5.41) is 24.3. The van der Waals surface area contributed by atoms with Gasteiger partial charge in [-0.15, -0.1) is 0 Å². The molecule has 0 aromatic carbocycles. The van der Waals surface area contributed by atoms with E-state index in [1.165, 1.54) is 12.8 Å². The summed E-state index contributed by atoms with van der Waals surface area (Å²) in [6, 6.07) is 0.434. The number of aliphatic hydroxyl groups is 2. The fourth-order valence-electron chi connectivity index (χ4n) is 4.55. The van der Waals surface area contributed by atoms with Crippen LogP contribution in [0.15, 0.2) is 0 Å². The molecular weight excluding hydrogens is 334 g/mol. The van der Waals surface area contributed by atoms with Gasteiger partial charge in [0, 0.05) is 6.04 Å². The number of rotatable bonds is 3. The van der Waals surface area contributed by atoms with Gasteiger partial charge >= 0.3 is 0 Å². The fourth-order valence-corrected chi connectivity index (χ4v) is 4.55. The minimum absolute atomic E-state index is 0.239. The average Bonchev–Trinajstić information content (AvgIpc) is 2.54. The van der Waals surface area contributed by atoms with E-state index in [1.807, 2.05) is 0 Å². The van der Waals surface area contributed by atoms with E-state index in [9.17, 15) is 10.2 Å². The summed E-state index contributed by atoms with van der Waals surface area (Å²) < 4.78 is 0. The lowest BCUT2D eigenvalue weighted by molar-refractivity contribution is -0.0605. The molecule has 2 aliphatic rings. The van der Waals surface area contributed by atoms with Crippen molar-refractivity contribution in [1.29, 1.82) is 0 Å². The molecule has 0 aromatic rings. The molecule has 1 aliphatic heterocycles. The lowest BCUT2D eigenvalue weighted by Crippen LogP contribution is -2.55. The summed E-state index contributed by atoms with van der Waals surface area (Å²) in [4.78, 5) is 0. The van der Waals surface area contributed by atoms with Gasteiger partial charge in [0.1, 0.15) is 0 Å². The second kappa shape index (κ2) is 9.59. The first-order valence-electron chi connectivity index (χ1n) is 11.4. The Morgan fingerprint density at radius 2 is 1.37 bits per heavy atom. The summed E-state index contributed by atoms with van der Waals surface area (Å²) in [6.07, 6.45) is 6.31. The highest BCUT2D eigenvalue weighted by molar-refractivity contribution is 4.96. The molecule has 2 rings (SSSR count). The first-order valence-corrected chi connectivity index (χ1v) is 11.4. The Balaban J connectivity index is 0.000000271. The molecule has 4 atom stereocenters. The molecule has 1 saturated heterocycles. The fraction of sp³-hybridized carbons (Fsp3) is 1.00. The molecule has 0 bridgehead atoms. The Labute approximate surface area is 169 Å². The molecular formula is C24H49NO2. The van der Waals surface area contributed by atoms with E-state index in [2.05, 4.69) is 67.6 Å². The molecule has 27 heavy (non-hydrogen) atoms. The van der Waals surface area contributed by atoms with Crippen molar-refractivity contribution in [3.63, 3.8) is 0 Å². The van der Waals surface area contributed by atoms with Crippen molar-refractivity contribution in [1.82, 2.24) is 5.32 Å². The van der Waals surface area contributed by atoms with Gasteiger partial charge in [-0.05, 0) is 67.7 Å². The largest absolute Gasteiger partial charge is 0.390 e. The Hall–Kier alpha value is -0.120. The summed E-state index contributed by atoms with van der Waals surface area (Å²) >= 11 is 0. The molecule has 0 radical (unpaired) electrons. The maximum Gasteiger partial charge on any atom is 0.0697 e. The Morgan fingerprint density at radius 1 is 0.852 bits per heavy atom. The van der Waals surface area contributed by atoms with Crippen molar-refractivity contribution >= 4 is 0 Å². The normalized spacial score (nSPS) is 35.3. The number of hydrogen-bond acceptors (Lipinski definition) is 3. The van der Waals surface area contributed by atoms with Crippen LogP contribution in [0.5, 0.6) is 0 Å². The zero-order chi connectivity index (χ0) is 21.0. The quantitative estimate of drug-likeness (QED) is 0.612. The summed E-state index contributed by atoms with van der Waals surface area (Å²) in [6.45, 7) is 20.7. The number of hydrogen-bond donors (Lipinski definition) is 3. The van der Waals surface area contributed by atoms with Gasteiger partial charge < -0.3 is 15.5 Å². The van der Waals surface area contributed by atoms with Crippen LogP contribution in [0.25, 0.3) is 0 Å². The zero-order valence-electron chi connectivity index (χ0n) is 19.7. The highest BCUT2D eigenvalue weighted by Crippen LogP contribution is 2.40. The molecule has 0 aromatic heterocycles. The minimum atomic E-state index is -0.455. The molecule has 3 N–H and O–H groups in total. The molecule has 1 heterocycles. The van der Waals surface area contributed by atoms with Gasteiger partial charge in [0.2, 0.25) is 0 Å². The van der Waals surface area contributed by atoms with Crippen molar-refractivity contribution < 1.29 is 10.2 Å².